The summed E-state index contributed by atoms with van der Waals surface area (Å²) in [6, 6.07) is 11.3. The number of hydrogen-bond donors (Lipinski definition) is 0. The molecule has 0 aliphatic rings. The molecule has 0 aliphatic carbocycles. The Morgan fingerprint density at radius 3 is 2.30 bits per heavy atom. The molecule has 0 radical (unpaired) electrons. The lowest BCUT2D eigenvalue weighted by Gasteiger charge is -2.16. The number of alkyl halides is 3. The smallest absolute Gasteiger partial charge is 0.416 e. The van der Waals surface area contributed by atoms with Crippen LogP contribution in [0.25, 0.3) is 0 Å². The van der Waals surface area contributed by atoms with E-state index in [1.54, 1.807) is 25.1 Å². The summed E-state index contributed by atoms with van der Waals surface area (Å²) in [6.45, 7) is 1.56. The first-order chi connectivity index (χ1) is 9.38. The maximum atomic E-state index is 13.0. The minimum Gasteiger partial charge on any atom is -0.489 e. The highest BCUT2D eigenvalue weighted by Crippen LogP contribution is 2.33. The summed E-state index contributed by atoms with van der Waals surface area (Å²) in [6.07, 6.45) is -4.36. The molecule has 0 saturated heterocycles. The molecule has 0 N–H and O–H groups in total. The van der Waals surface area contributed by atoms with Gasteiger partial charge >= 0.3 is 6.18 Å². The first kappa shape index (κ1) is 15.2. The van der Waals surface area contributed by atoms with Gasteiger partial charge in [0, 0.05) is 9.13 Å². The van der Waals surface area contributed by atoms with Crippen molar-refractivity contribution in [2.24, 2.45) is 0 Å². The monoisotopic (exact) mass is 392 g/mol. The van der Waals surface area contributed by atoms with E-state index in [4.69, 9.17) is 4.74 Å². The van der Waals surface area contributed by atoms with E-state index in [0.29, 0.717) is 11.3 Å². The van der Waals surface area contributed by atoms with Crippen molar-refractivity contribution in [3.05, 3.63) is 62.7 Å². The van der Waals surface area contributed by atoms with Gasteiger partial charge in [0.05, 0.1) is 5.56 Å². The maximum Gasteiger partial charge on any atom is 0.416 e. The van der Waals surface area contributed by atoms with E-state index in [1.165, 1.54) is 6.07 Å². The summed E-state index contributed by atoms with van der Waals surface area (Å²) in [5.74, 6) is 0.557. The molecule has 0 spiro atoms. The molecular formula is C15H12F3IO. The van der Waals surface area contributed by atoms with Crippen LogP contribution in [0.1, 0.15) is 16.7 Å². The topological polar surface area (TPSA) is 9.23 Å². The van der Waals surface area contributed by atoms with Gasteiger partial charge < -0.3 is 4.74 Å². The van der Waals surface area contributed by atoms with Crippen LogP contribution in [0.15, 0.2) is 42.5 Å². The Kier molecular flexibility index (Phi) is 4.57. The van der Waals surface area contributed by atoms with Crippen molar-refractivity contribution in [2.45, 2.75) is 19.7 Å². The molecule has 0 saturated carbocycles. The lowest BCUT2D eigenvalue weighted by molar-refractivity contribution is -0.138. The molecule has 0 atom stereocenters. The van der Waals surface area contributed by atoms with Gasteiger partial charge in [-0.2, -0.15) is 13.2 Å². The largest absolute Gasteiger partial charge is 0.489 e. The van der Waals surface area contributed by atoms with E-state index in [0.717, 1.165) is 9.64 Å². The predicted molar refractivity (Wildman–Crippen MR) is 79.7 cm³/mol. The van der Waals surface area contributed by atoms with Crippen LogP contribution in [0.3, 0.4) is 0 Å². The Hall–Kier alpha value is -1.24. The molecule has 0 bridgehead atoms. The average molecular weight is 392 g/mol. The van der Waals surface area contributed by atoms with Gasteiger partial charge in [-0.15, -0.1) is 0 Å². The van der Waals surface area contributed by atoms with Crippen molar-refractivity contribution >= 4 is 22.6 Å². The first-order valence-corrected chi connectivity index (χ1v) is 7.00. The van der Waals surface area contributed by atoms with E-state index < -0.39 is 11.7 Å². The highest BCUT2D eigenvalue weighted by Gasteiger charge is 2.33. The zero-order chi connectivity index (χ0) is 14.8. The molecule has 2 aromatic carbocycles. The Balaban J connectivity index is 2.23. The summed E-state index contributed by atoms with van der Waals surface area (Å²) >= 11 is 2.15. The standard InChI is InChI=1S/C15H12F3IO/c1-10-3-2-4-14(15(16,17)18)13(10)9-20-12-7-5-11(19)6-8-12/h2-8H,9H2,1H3. The van der Waals surface area contributed by atoms with Crippen molar-refractivity contribution in [2.75, 3.05) is 0 Å². The fraction of sp³-hybridized carbons (Fsp3) is 0.200. The summed E-state index contributed by atoms with van der Waals surface area (Å²) in [5, 5.41) is 0. The summed E-state index contributed by atoms with van der Waals surface area (Å²) in [4.78, 5) is 0. The number of hydrogen-bond acceptors (Lipinski definition) is 1. The molecule has 5 heteroatoms. The average Bonchev–Trinajstić information content (AvgIpc) is 2.38. The first-order valence-electron chi connectivity index (χ1n) is 5.92. The molecule has 106 valence electrons. The predicted octanol–water partition coefficient (Wildman–Crippen LogP) is 5.20. The normalized spacial score (nSPS) is 11.4. The minimum absolute atomic E-state index is 0.0951. The Labute approximate surface area is 128 Å². The van der Waals surface area contributed by atoms with Gasteiger partial charge in [-0.1, -0.05) is 12.1 Å². The van der Waals surface area contributed by atoms with Crippen LogP contribution in [0.5, 0.6) is 5.75 Å². The molecule has 0 amide bonds. The van der Waals surface area contributed by atoms with Crippen molar-refractivity contribution in [1.29, 1.82) is 0 Å². The zero-order valence-electron chi connectivity index (χ0n) is 10.7. The molecule has 0 unspecified atom stereocenters. The second-order valence-corrected chi connectivity index (χ2v) is 5.59. The Morgan fingerprint density at radius 1 is 1.05 bits per heavy atom. The minimum atomic E-state index is -4.36. The van der Waals surface area contributed by atoms with Gasteiger partial charge in [0.15, 0.2) is 0 Å². The van der Waals surface area contributed by atoms with Crippen molar-refractivity contribution < 1.29 is 17.9 Å². The van der Waals surface area contributed by atoms with Crippen LogP contribution in [0.4, 0.5) is 13.2 Å². The molecule has 2 aromatic rings. The number of rotatable bonds is 3. The number of halogens is 4. The maximum absolute atomic E-state index is 13.0. The van der Waals surface area contributed by atoms with Gasteiger partial charge in [0.25, 0.3) is 0 Å². The van der Waals surface area contributed by atoms with Gasteiger partial charge in [0.2, 0.25) is 0 Å². The van der Waals surface area contributed by atoms with Crippen molar-refractivity contribution in [3.8, 4) is 5.75 Å². The van der Waals surface area contributed by atoms with E-state index in [1.807, 2.05) is 12.1 Å². The Bertz CT molecular complexity index is 591. The van der Waals surface area contributed by atoms with Crippen LogP contribution in [-0.2, 0) is 12.8 Å². The second-order valence-electron chi connectivity index (χ2n) is 4.34. The van der Waals surface area contributed by atoms with E-state index in [-0.39, 0.29) is 12.2 Å². The van der Waals surface area contributed by atoms with Crippen LogP contribution in [0.2, 0.25) is 0 Å². The van der Waals surface area contributed by atoms with E-state index in [2.05, 4.69) is 22.6 Å². The molecule has 0 fully saturated rings. The second kappa shape index (κ2) is 6.03. The van der Waals surface area contributed by atoms with Crippen molar-refractivity contribution in [3.63, 3.8) is 0 Å². The summed E-state index contributed by atoms with van der Waals surface area (Å²) in [7, 11) is 0. The Morgan fingerprint density at radius 2 is 1.70 bits per heavy atom. The summed E-state index contributed by atoms with van der Waals surface area (Å²) in [5.41, 5.74) is 0.117. The van der Waals surface area contributed by atoms with Crippen LogP contribution < -0.4 is 4.74 Å². The molecule has 0 heterocycles. The van der Waals surface area contributed by atoms with Gasteiger partial charge in [-0.05, 0) is 65.4 Å². The molecule has 0 aromatic heterocycles. The van der Waals surface area contributed by atoms with Gasteiger partial charge in [-0.3, -0.25) is 0 Å². The zero-order valence-corrected chi connectivity index (χ0v) is 12.8. The third-order valence-electron chi connectivity index (χ3n) is 2.91. The van der Waals surface area contributed by atoms with Crippen molar-refractivity contribution in [1.82, 2.24) is 0 Å². The number of ether oxygens (including phenoxy) is 1. The fourth-order valence-electron chi connectivity index (χ4n) is 1.85. The highest BCUT2D eigenvalue weighted by molar-refractivity contribution is 14.1. The quantitative estimate of drug-likeness (QED) is 0.653. The van der Waals surface area contributed by atoms with Crippen LogP contribution in [-0.4, -0.2) is 0 Å². The van der Waals surface area contributed by atoms with Gasteiger partial charge in [0.1, 0.15) is 12.4 Å². The van der Waals surface area contributed by atoms with E-state index in [9.17, 15) is 13.2 Å². The molecule has 0 aliphatic heterocycles. The highest BCUT2D eigenvalue weighted by atomic mass is 127. The van der Waals surface area contributed by atoms with E-state index >= 15 is 0 Å². The van der Waals surface area contributed by atoms with Crippen LogP contribution >= 0.6 is 22.6 Å². The van der Waals surface area contributed by atoms with Gasteiger partial charge in [-0.25, -0.2) is 0 Å². The molecule has 20 heavy (non-hydrogen) atoms. The summed E-state index contributed by atoms with van der Waals surface area (Å²) < 4.78 is 45.4. The molecular weight excluding hydrogens is 380 g/mol. The third kappa shape index (κ3) is 3.65. The number of aryl methyl sites for hydroxylation is 1. The SMILES string of the molecule is Cc1cccc(C(F)(F)F)c1COc1ccc(I)cc1. The fourth-order valence-corrected chi connectivity index (χ4v) is 2.21. The third-order valence-corrected chi connectivity index (χ3v) is 3.63. The lowest BCUT2D eigenvalue weighted by Crippen LogP contribution is -2.12. The van der Waals surface area contributed by atoms with Crippen LogP contribution in [0, 0.1) is 10.5 Å². The lowest BCUT2D eigenvalue weighted by atomic mass is 10.0. The number of benzene rings is 2. The molecule has 1 nitrogen and oxygen atoms in total. The molecule has 2 rings (SSSR count).